The molecule has 1 aromatic heterocycles. The van der Waals surface area contributed by atoms with E-state index in [0.29, 0.717) is 37.8 Å². The van der Waals surface area contributed by atoms with Crippen LogP contribution < -0.4 is 5.32 Å². The van der Waals surface area contributed by atoms with Crippen LogP contribution in [0.5, 0.6) is 0 Å². The highest BCUT2D eigenvalue weighted by Gasteiger charge is 2.35. The molecule has 2 saturated heterocycles. The number of hydrogen-bond donors (Lipinski definition) is 2. The number of anilines is 1. The number of ether oxygens (including phenoxy) is 1. The van der Waals surface area contributed by atoms with Crippen molar-refractivity contribution in [2.75, 3.05) is 38.2 Å². The van der Waals surface area contributed by atoms with Gasteiger partial charge in [-0.1, -0.05) is 24.3 Å². The number of amides is 1. The number of hydrogen-bond acceptors (Lipinski definition) is 7. The van der Waals surface area contributed by atoms with Crippen LogP contribution in [-0.2, 0) is 17.7 Å². The number of carbonyl (C=O) groups excluding carboxylic acids is 1. The first-order valence-electron chi connectivity index (χ1n) is 10.6. The summed E-state index contributed by atoms with van der Waals surface area (Å²) in [4.78, 5) is 25.4. The molecule has 0 spiro atoms. The lowest BCUT2D eigenvalue weighted by Gasteiger charge is -2.43. The normalized spacial score (nSPS) is 24.8. The first-order chi connectivity index (χ1) is 14.7. The van der Waals surface area contributed by atoms with E-state index in [0.717, 1.165) is 25.9 Å². The fourth-order valence-electron chi connectivity index (χ4n) is 4.57. The van der Waals surface area contributed by atoms with Gasteiger partial charge in [-0.05, 0) is 24.0 Å². The first-order valence-corrected chi connectivity index (χ1v) is 10.6. The van der Waals surface area contributed by atoms with Crippen LogP contribution in [0.15, 0.2) is 36.7 Å². The van der Waals surface area contributed by atoms with Gasteiger partial charge in [0, 0.05) is 38.3 Å². The van der Waals surface area contributed by atoms with Gasteiger partial charge in [0.05, 0.1) is 25.4 Å². The molecule has 5 rings (SSSR count). The summed E-state index contributed by atoms with van der Waals surface area (Å²) >= 11 is 0. The van der Waals surface area contributed by atoms with Crippen molar-refractivity contribution in [2.24, 2.45) is 0 Å². The number of β-amino-alcohol motifs (C(OH)–C–C–N with tert-alkyl or cyclic N) is 1. The molecule has 1 aromatic carbocycles. The molecule has 2 atom stereocenters. The molecule has 0 saturated carbocycles. The van der Waals surface area contributed by atoms with E-state index in [9.17, 15) is 9.90 Å². The maximum absolute atomic E-state index is 13.0. The Morgan fingerprint density at radius 1 is 1.17 bits per heavy atom. The van der Waals surface area contributed by atoms with E-state index in [4.69, 9.17) is 4.74 Å². The summed E-state index contributed by atoms with van der Waals surface area (Å²) in [6.07, 6.45) is 2.60. The van der Waals surface area contributed by atoms with Crippen LogP contribution in [0, 0.1) is 0 Å². The third-order valence-electron chi connectivity index (χ3n) is 6.34. The zero-order valence-corrected chi connectivity index (χ0v) is 16.9. The zero-order valence-electron chi connectivity index (χ0n) is 16.9. The number of piperidine rings is 1. The van der Waals surface area contributed by atoms with Gasteiger partial charge in [-0.25, -0.2) is 9.97 Å². The second kappa shape index (κ2) is 8.29. The Morgan fingerprint density at radius 3 is 2.77 bits per heavy atom. The van der Waals surface area contributed by atoms with Gasteiger partial charge in [-0.15, -0.1) is 0 Å². The summed E-state index contributed by atoms with van der Waals surface area (Å²) in [5.41, 5.74) is 3.09. The Labute approximate surface area is 175 Å². The number of aliphatic hydroxyl groups excluding tert-OH is 1. The standard InChI is InChI=1S/C22H27N5O3/c28-20-11-27(22(29)18-9-21(24-14-23-18)25-17-12-30-13-17)8-6-19(20)26-7-5-15-3-1-2-4-16(15)10-26/h1-4,9,14,17,19-20,28H,5-8,10-13H2,(H,23,24,25)/t19-,20?/m0/s1. The van der Waals surface area contributed by atoms with Gasteiger partial charge >= 0.3 is 0 Å². The van der Waals surface area contributed by atoms with Crippen LogP contribution in [0.1, 0.15) is 28.0 Å². The average Bonchev–Trinajstić information content (AvgIpc) is 2.75. The molecule has 3 aliphatic rings. The minimum absolute atomic E-state index is 0.0728. The molecule has 2 aromatic rings. The lowest BCUT2D eigenvalue weighted by molar-refractivity contribution is -0.0139. The molecule has 0 radical (unpaired) electrons. The van der Waals surface area contributed by atoms with E-state index in [-0.39, 0.29) is 18.0 Å². The highest BCUT2D eigenvalue weighted by molar-refractivity contribution is 5.93. The molecule has 2 fully saturated rings. The smallest absolute Gasteiger partial charge is 0.272 e. The number of benzene rings is 1. The van der Waals surface area contributed by atoms with Crippen LogP contribution in [0.2, 0.25) is 0 Å². The van der Waals surface area contributed by atoms with E-state index in [1.54, 1.807) is 11.0 Å². The second-order valence-electron chi connectivity index (χ2n) is 8.33. The Bertz CT molecular complexity index is 919. The van der Waals surface area contributed by atoms with Gasteiger partial charge in [0.15, 0.2) is 0 Å². The SMILES string of the molecule is O=C(c1cc(NC2COC2)ncn1)N1CC[C@H](N2CCc3ccccc3C2)C(O)C1. The first kappa shape index (κ1) is 19.4. The quantitative estimate of drug-likeness (QED) is 0.776. The number of rotatable bonds is 4. The molecule has 2 N–H and O–H groups in total. The van der Waals surface area contributed by atoms with E-state index in [1.165, 1.54) is 17.5 Å². The van der Waals surface area contributed by atoms with Crippen molar-refractivity contribution in [2.45, 2.75) is 37.6 Å². The number of nitrogens with one attached hydrogen (secondary N) is 1. The van der Waals surface area contributed by atoms with Gasteiger partial charge in [0.2, 0.25) is 0 Å². The van der Waals surface area contributed by atoms with Crippen molar-refractivity contribution >= 4 is 11.7 Å². The summed E-state index contributed by atoms with van der Waals surface area (Å²) in [7, 11) is 0. The maximum atomic E-state index is 13.0. The minimum Gasteiger partial charge on any atom is -0.390 e. The van der Waals surface area contributed by atoms with Crippen LogP contribution in [0.3, 0.4) is 0 Å². The highest BCUT2D eigenvalue weighted by Crippen LogP contribution is 2.26. The largest absolute Gasteiger partial charge is 0.390 e. The van der Waals surface area contributed by atoms with Crippen molar-refractivity contribution in [3.05, 3.63) is 53.5 Å². The molecule has 8 heteroatoms. The van der Waals surface area contributed by atoms with Crippen LogP contribution >= 0.6 is 0 Å². The van der Waals surface area contributed by atoms with Crippen molar-refractivity contribution < 1.29 is 14.6 Å². The third-order valence-corrected chi connectivity index (χ3v) is 6.34. The fourth-order valence-corrected chi connectivity index (χ4v) is 4.57. The lowest BCUT2D eigenvalue weighted by Crippen LogP contribution is -2.56. The van der Waals surface area contributed by atoms with Gasteiger partial charge in [-0.2, -0.15) is 0 Å². The van der Waals surface area contributed by atoms with Crippen LogP contribution in [0.4, 0.5) is 5.82 Å². The minimum atomic E-state index is -0.570. The molecule has 8 nitrogen and oxygen atoms in total. The second-order valence-corrected chi connectivity index (χ2v) is 8.33. The Balaban J connectivity index is 1.21. The van der Waals surface area contributed by atoms with E-state index < -0.39 is 6.10 Å². The fraction of sp³-hybridized carbons (Fsp3) is 0.500. The molecule has 0 aliphatic carbocycles. The monoisotopic (exact) mass is 409 g/mol. The van der Waals surface area contributed by atoms with Gasteiger partial charge in [-0.3, -0.25) is 9.69 Å². The molecular weight excluding hydrogens is 382 g/mol. The van der Waals surface area contributed by atoms with Gasteiger partial charge in [0.25, 0.3) is 5.91 Å². The van der Waals surface area contributed by atoms with Crippen molar-refractivity contribution in [3.8, 4) is 0 Å². The average molecular weight is 409 g/mol. The number of aliphatic hydroxyl groups is 1. The van der Waals surface area contributed by atoms with Crippen LogP contribution in [0.25, 0.3) is 0 Å². The summed E-state index contributed by atoms with van der Waals surface area (Å²) in [6.45, 7) is 4.03. The number of aromatic nitrogens is 2. The molecule has 1 unspecified atom stereocenters. The third kappa shape index (κ3) is 3.90. The van der Waals surface area contributed by atoms with Crippen molar-refractivity contribution in [1.29, 1.82) is 0 Å². The highest BCUT2D eigenvalue weighted by atomic mass is 16.5. The number of likely N-dealkylation sites (tertiary alicyclic amines) is 1. The maximum Gasteiger partial charge on any atom is 0.272 e. The number of nitrogens with zero attached hydrogens (tertiary/aromatic N) is 4. The summed E-state index contributed by atoms with van der Waals surface area (Å²) in [5, 5.41) is 14.1. The predicted molar refractivity (Wildman–Crippen MR) is 111 cm³/mol. The zero-order chi connectivity index (χ0) is 20.5. The number of fused-ring (bicyclic) bond motifs is 1. The molecule has 30 heavy (non-hydrogen) atoms. The molecule has 4 heterocycles. The Kier molecular flexibility index (Phi) is 5.37. The summed E-state index contributed by atoms with van der Waals surface area (Å²) < 4.78 is 5.16. The Morgan fingerprint density at radius 2 is 2.00 bits per heavy atom. The summed E-state index contributed by atoms with van der Waals surface area (Å²) in [6, 6.07) is 10.5. The van der Waals surface area contributed by atoms with E-state index in [1.807, 2.05) is 0 Å². The number of carbonyl (C=O) groups is 1. The van der Waals surface area contributed by atoms with Gasteiger partial charge in [0.1, 0.15) is 17.8 Å². The van der Waals surface area contributed by atoms with Crippen LogP contribution in [-0.4, -0.2) is 81.8 Å². The van der Waals surface area contributed by atoms with Crippen molar-refractivity contribution in [3.63, 3.8) is 0 Å². The predicted octanol–water partition coefficient (Wildman–Crippen LogP) is 0.921. The Hall–Kier alpha value is -2.55. The molecule has 3 aliphatic heterocycles. The van der Waals surface area contributed by atoms with E-state index >= 15 is 0 Å². The van der Waals surface area contributed by atoms with Crippen molar-refractivity contribution in [1.82, 2.24) is 19.8 Å². The molecule has 1 amide bonds. The topological polar surface area (TPSA) is 90.8 Å². The van der Waals surface area contributed by atoms with Gasteiger partial charge < -0.3 is 20.1 Å². The summed E-state index contributed by atoms with van der Waals surface area (Å²) in [5.74, 6) is 0.468. The van der Waals surface area contributed by atoms with E-state index in [2.05, 4.69) is 44.5 Å². The molecular formula is C22H27N5O3. The lowest BCUT2D eigenvalue weighted by atomic mass is 9.94. The molecule has 158 valence electrons. The molecule has 0 bridgehead atoms.